The van der Waals surface area contributed by atoms with E-state index >= 15 is 0 Å². The number of nitriles is 1. The number of carbonyl (C=O) groups is 1. The molecule has 0 saturated heterocycles. The highest BCUT2D eigenvalue weighted by molar-refractivity contribution is 7.99. The summed E-state index contributed by atoms with van der Waals surface area (Å²) < 4.78 is 2.01. The Balaban J connectivity index is 1.52. The Hall–Kier alpha value is -3.08. The molecule has 0 bridgehead atoms. The van der Waals surface area contributed by atoms with Crippen molar-refractivity contribution in [3.8, 4) is 6.07 Å². The number of benzene rings is 1. The van der Waals surface area contributed by atoms with Crippen LogP contribution >= 0.6 is 23.1 Å². The number of hydrogen-bond donors (Lipinski definition) is 1. The zero-order valence-electron chi connectivity index (χ0n) is 16.7. The Bertz CT molecular complexity index is 1250. The average Bonchev–Trinajstić information content (AvgIpc) is 3.35. The lowest BCUT2D eigenvalue weighted by molar-refractivity contribution is -0.113. The molecule has 1 N–H and O–H groups in total. The van der Waals surface area contributed by atoms with Gasteiger partial charge >= 0.3 is 0 Å². The summed E-state index contributed by atoms with van der Waals surface area (Å²) >= 11 is 3.04. The predicted molar refractivity (Wildman–Crippen MR) is 123 cm³/mol. The van der Waals surface area contributed by atoms with Crippen molar-refractivity contribution >= 4 is 45.7 Å². The van der Waals surface area contributed by atoms with E-state index in [1.165, 1.54) is 16.6 Å². The van der Waals surface area contributed by atoms with Gasteiger partial charge in [0.25, 0.3) is 0 Å². The SMILES string of the molecule is Cc1c(C#N)c(NC(=O)CSc2ccc3ccccc3n2)n(Cc2cccs2)c1C. The molecule has 7 heteroatoms. The van der Waals surface area contributed by atoms with Gasteiger partial charge in [-0.2, -0.15) is 5.26 Å². The Morgan fingerprint density at radius 2 is 2.03 bits per heavy atom. The van der Waals surface area contributed by atoms with E-state index in [9.17, 15) is 10.1 Å². The minimum atomic E-state index is -0.156. The lowest BCUT2D eigenvalue weighted by Gasteiger charge is -2.12. The first-order chi connectivity index (χ1) is 14.6. The van der Waals surface area contributed by atoms with Gasteiger partial charge in [-0.15, -0.1) is 11.3 Å². The van der Waals surface area contributed by atoms with Crippen LogP contribution in [0.3, 0.4) is 0 Å². The number of thiophene rings is 1. The summed E-state index contributed by atoms with van der Waals surface area (Å²) in [7, 11) is 0. The van der Waals surface area contributed by atoms with E-state index in [2.05, 4.69) is 22.4 Å². The molecular formula is C23H20N4OS2. The third kappa shape index (κ3) is 4.11. The molecule has 4 aromatic rings. The second kappa shape index (κ2) is 8.74. The summed E-state index contributed by atoms with van der Waals surface area (Å²) in [5.74, 6) is 0.632. The molecule has 0 saturated carbocycles. The van der Waals surface area contributed by atoms with Crippen LogP contribution in [0.4, 0.5) is 5.82 Å². The van der Waals surface area contributed by atoms with Crippen LogP contribution < -0.4 is 5.32 Å². The van der Waals surface area contributed by atoms with Crippen LogP contribution in [0.1, 0.15) is 21.7 Å². The van der Waals surface area contributed by atoms with Crippen molar-refractivity contribution in [3.05, 3.63) is 75.6 Å². The molecule has 3 heterocycles. The average molecular weight is 433 g/mol. The van der Waals surface area contributed by atoms with Crippen molar-refractivity contribution in [1.82, 2.24) is 9.55 Å². The summed E-state index contributed by atoms with van der Waals surface area (Å²) in [4.78, 5) is 18.5. The van der Waals surface area contributed by atoms with E-state index < -0.39 is 0 Å². The molecule has 5 nitrogen and oxygen atoms in total. The number of aromatic nitrogens is 2. The van der Waals surface area contributed by atoms with Gasteiger partial charge in [-0.3, -0.25) is 4.79 Å². The number of rotatable bonds is 6. The molecule has 4 rings (SSSR count). The quantitative estimate of drug-likeness (QED) is 0.416. The Morgan fingerprint density at radius 1 is 1.20 bits per heavy atom. The fourth-order valence-corrected chi connectivity index (χ4v) is 4.69. The third-order valence-electron chi connectivity index (χ3n) is 5.02. The van der Waals surface area contributed by atoms with E-state index in [4.69, 9.17) is 0 Å². The van der Waals surface area contributed by atoms with Gasteiger partial charge in [0.15, 0.2) is 0 Å². The van der Waals surface area contributed by atoms with E-state index in [1.807, 2.05) is 66.3 Å². The molecule has 30 heavy (non-hydrogen) atoms. The molecule has 1 amide bonds. The second-order valence-electron chi connectivity index (χ2n) is 6.89. The number of hydrogen-bond acceptors (Lipinski definition) is 5. The highest BCUT2D eigenvalue weighted by Gasteiger charge is 2.20. The topological polar surface area (TPSA) is 70.7 Å². The molecule has 0 fully saturated rings. The highest BCUT2D eigenvalue weighted by atomic mass is 32.2. The van der Waals surface area contributed by atoms with E-state index in [0.29, 0.717) is 17.9 Å². The maximum atomic E-state index is 12.7. The smallest absolute Gasteiger partial charge is 0.235 e. The molecule has 0 aliphatic rings. The first kappa shape index (κ1) is 20.2. The van der Waals surface area contributed by atoms with Gasteiger partial charge in [0, 0.05) is 16.0 Å². The summed E-state index contributed by atoms with van der Waals surface area (Å²) in [6.07, 6.45) is 0. The van der Waals surface area contributed by atoms with Crippen molar-refractivity contribution in [3.63, 3.8) is 0 Å². The number of nitrogens with one attached hydrogen (secondary N) is 1. The van der Waals surface area contributed by atoms with Gasteiger partial charge in [-0.05, 0) is 43.0 Å². The van der Waals surface area contributed by atoms with Crippen LogP contribution in [0.2, 0.25) is 0 Å². The molecular weight excluding hydrogens is 412 g/mol. The summed E-state index contributed by atoms with van der Waals surface area (Å²) in [5, 5.41) is 16.5. The van der Waals surface area contributed by atoms with Crippen molar-refractivity contribution in [2.24, 2.45) is 0 Å². The van der Waals surface area contributed by atoms with E-state index in [-0.39, 0.29) is 11.7 Å². The normalized spacial score (nSPS) is 10.8. The summed E-state index contributed by atoms with van der Waals surface area (Å²) in [5.41, 5.74) is 3.31. The zero-order valence-corrected chi connectivity index (χ0v) is 18.3. The second-order valence-corrected chi connectivity index (χ2v) is 8.92. The minimum absolute atomic E-state index is 0.156. The molecule has 0 atom stereocenters. The number of fused-ring (bicyclic) bond motifs is 1. The number of amides is 1. The van der Waals surface area contributed by atoms with E-state index in [1.54, 1.807) is 11.3 Å². The molecule has 0 spiro atoms. The molecule has 0 radical (unpaired) electrons. The fraction of sp³-hybridized carbons (Fsp3) is 0.174. The fourth-order valence-electron chi connectivity index (χ4n) is 3.32. The Kier molecular flexibility index (Phi) is 5.88. The Morgan fingerprint density at radius 3 is 2.80 bits per heavy atom. The van der Waals surface area contributed by atoms with Gasteiger partial charge in [-0.25, -0.2) is 4.98 Å². The Labute approximate surface area is 183 Å². The largest absolute Gasteiger partial charge is 0.325 e. The van der Waals surface area contributed by atoms with Gasteiger partial charge in [0.1, 0.15) is 11.9 Å². The van der Waals surface area contributed by atoms with Crippen LogP contribution in [-0.2, 0) is 11.3 Å². The van der Waals surface area contributed by atoms with Crippen molar-refractivity contribution in [1.29, 1.82) is 5.26 Å². The van der Waals surface area contributed by atoms with Gasteiger partial charge < -0.3 is 9.88 Å². The van der Waals surface area contributed by atoms with Crippen molar-refractivity contribution in [2.75, 3.05) is 11.1 Å². The van der Waals surface area contributed by atoms with Crippen LogP contribution in [-0.4, -0.2) is 21.2 Å². The van der Waals surface area contributed by atoms with Crippen molar-refractivity contribution < 1.29 is 4.79 Å². The van der Waals surface area contributed by atoms with Crippen LogP contribution in [0.15, 0.2) is 58.9 Å². The minimum Gasteiger partial charge on any atom is -0.325 e. The zero-order chi connectivity index (χ0) is 21.1. The van der Waals surface area contributed by atoms with Gasteiger partial charge in [0.05, 0.1) is 28.4 Å². The van der Waals surface area contributed by atoms with Crippen molar-refractivity contribution in [2.45, 2.75) is 25.4 Å². The standard InChI is InChI=1S/C23H20N4OS2/c1-15-16(2)27(13-18-7-5-11-29-18)23(19(15)12-24)26-21(28)14-30-22-10-9-17-6-3-4-8-20(17)25-22/h3-11H,13-14H2,1-2H3,(H,26,28). The first-order valence-electron chi connectivity index (χ1n) is 9.47. The maximum absolute atomic E-state index is 12.7. The molecule has 0 aliphatic heterocycles. The summed E-state index contributed by atoms with van der Waals surface area (Å²) in [6.45, 7) is 4.52. The number of anilines is 1. The molecule has 150 valence electrons. The number of thioether (sulfide) groups is 1. The number of nitrogens with zero attached hydrogens (tertiary/aromatic N) is 3. The predicted octanol–water partition coefficient (Wildman–Crippen LogP) is 5.37. The van der Waals surface area contributed by atoms with Gasteiger partial charge in [-0.1, -0.05) is 42.1 Å². The number of para-hydroxylation sites is 1. The third-order valence-corrected chi connectivity index (χ3v) is 6.81. The molecule has 1 aromatic carbocycles. The molecule has 0 aliphatic carbocycles. The lowest BCUT2D eigenvalue weighted by atomic mass is 10.2. The number of carbonyl (C=O) groups excluding carboxylic acids is 1. The lowest BCUT2D eigenvalue weighted by Crippen LogP contribution is -2.18. The van der Waals surface area contributed by atoms with Crippen LogP contribution in [0, 0.1) is 25.2 Å². The monoisotopic (exact) mass is 432 g/mol. The van der Waals surface area contributed by atoms with Crippen LogP contribution in [0.25, 0.3) is 10.9 Å². The maximum Gasteiger partial charge on any atom is 0.235 e. The number of pyridine rings is 1. The summed E-state index contributed by atoms with van der Waals surface area (Å²) in [6, 6.07) is 18.1. The highest BCUT2D eigenvalue weighted by Crippen LogP contribution is 2.28. The molecule has 0 unspecified atom stereocenters. The first-order valence-corrected chi connectivity index (χ1v) is 11.3. The van der Waals surface area contributed by atoms with Gasteiger partial charge in [0.2, 0.25) is 5.91 Å². The molecule has 3 aromatic heterocycles. The van der Waals surface area contributed by atoms with Crippen LogP contribution in [0.5, 0.6) is 0 Å². The van der Waals surface area contributed by atoms with E-state index in [0.717, 1.165) is 27.2 Å².